The Kier molecular flexibility index (Phi) is 4.51. The number of aryl methyl sites for hydroxylation is 1. The van der Waals surface area contributed by atoms with E-state index in [1.165, 1.54) is 17.7 Å². The molecule has 2 rings (SSSR count). The maximum absolute atomic E-state index is 11.7. The average molecular weight is 264 g/mol. The van der Waals surface area contributed by atoms with E-state index >= 15 is 0 Å². The van der Waals surface area contributed by atoms with Gasteiger partial charge in [0.05, 0.1) is 0 Å². The van der Waals surface area contributed by atoms with Crippen LogP contribution < -0.4 is 0 Å². The zero-order valence-corrected chi connectivity index (χ0v) is 11.3. The summed E-state index contributed by atoms with van der Waals surface area (Å²) >= 11 is 0. The van der Waals surface area contributed by atoms with E-state index in [1.54, 1.807) is 30.4 Å². The molecule has 0 aliphatic carbocycles. The van der Waals surface area contributed by atoms with Crippen LogP contribution >= 0.6 is 0 Å². The Morgan fingerprint density at radius 2 is 1.60 bits per heavy atom. The van der Waals surface area contributed by atoms with Crippen LogP contribution in [0.3, 0.4) is 0 Å². The molecule has 0 saturated carbocycles. The Morgan fingerprint density at radius 1 is 0.950 bits per heavy atom. The standard InChI is InChI=1S/C18H16O2/c1-14-6-8-15(9-7-14)10-12-17(19)13-11-16-4-2-3-5-18(16)20/h2-13,20H,1H3. The first-order valence-corrected chi connectivity index (χ1v) is 6.40. The van der Waals surface area contributed by atoms with Crippen molar-refractivity contribution in [1.29, 1.82) is 0 Å². The number of carbonyl (C=O) groups excluding carboxylic acids is 1. The molecule has 20 heavy (non-hydrogen) atoms. The Morgan fingerprint density at radius 3 is 2.30 bits per heavy atom. The number of hydrogen-bond donors (Lipinski definition) is 1. The van der Waals surface area contributed by atoms with Gasteiger partial charge < -0.3 is 5.11 Å². The van der Waals surface area contributed by atoms with Gasteiger partial charge in [0.1, 0.15) is 5.75 Å². The third-order valence-electron chi connectivity index (χ3n) is 2.88. The van der Waals surface area contributed by atoms with Crippen LogP contribution in [0.25, 0.3) is 12.2 Å². The van der Waals surface area contributed by atoms with Crippen molar-refractivity contribution in [2.45, 2.75) is 6.92 Å². The van der Waals surface area contributed by atoms with Gasteiger partial charge in [0.25, 0.3) is 0 Å². The number of ketones is 1. The molecule has 0 amide bonds. The third-order valence-corrected chi connectivity index (χ3v) is 2.88. The first-order valence-electron chi connectivity index (χ1n) is 6.40. The van der Waals surface area contributed by atoms with Crippen LogP contribution in [0.1, 0.15) is 16.7 Å². The predicted molar refractivity (Wildman–Crippen MR) is 82.4 cm³/mol. The number of phenols is 1. The van der Waals surface area contributed by atoms with Crippen LogP contribution in [0.15, 0.2) is 60.7 Å². The molecule has 0 saturated heterocycles. The van der Waals surface area contributed by atoms with Crippen molar-refractivity contribution in [2.24, 2.45) is 0 Å². The Hall–Kier alpha value is -2.61. The van der Waals surface area contributed by atoms with Gasteiger partial charge in [-0.2, -0.15) is 0 Å². The van der Waals surface area contributed by atoms with Gasteiger partial charge in [0.2, 0.25) is 0 Å². The van der Waals surface area contributed by atoms with Gasteiger partial charge in [-0.3, -0.25) is 4.79 Å². The highest BCUT2D eigenvalue weighted by Gasteiger charge is 1.95. The highest BCUT2D eigenvalue weighted by molar-refractivity contribution is 6.04. The molecule has 0 bridgehead atoms. The molecule has 2 aromatic carbocycles. The fraction of sp³-hybridized carbons (Fsp3) is 0.0556. The zero-order valence-electron chi connectivity index (χ0n) is 11.3. The Balaban J connectivity index is 2.02. The lowest BCUT2D eigenvalue weighted by atomic mass is 10.1. The van der Waals surface area contributed by atoms with E-state index in [-0.39, 0.29) is 11.5 Å². The van der Waals surface area contributed by atoms with Crippen molar-refractivity contribution in [1.82, 2.24) is 0 Å². The van der Waals surface area contributed by atoms with Crippen LogP contribution in [0.5, 0.6) is 5.75 Å². The van der Waals surface area contributed by atoms with E-state index in [4.69, 9.17) is 0 Å². The van der Waals surface area contributed by atoms with E-state index in [0.717, 1.165) is 5.56 Å². The van der Waals surface area contributed by atoms with Crippen LogP contribution in [-0.4, -0.2) is 10.9 Å². The molecule has 1 N–H and O–H groups in total. The molecule has 2 aromatic rings. The van der Waals surface area contributed by atoms with E-state index in [2.05, 4.69) is 0 Å². The van der Waals surface area contributed by atoms with Crippen molar-refractivity contribution in [3.63, 3.8) is 0 Å². The summed E-state index contributed by atoms with van der Waals surface area (Å²) in [5.74, 6) is 0.0490. The normalized spacial score (nSPS) is 11.2. The lowest BCUT2D eigenvalue weighted by molar-refractivity contribution is -0.110. The Labute approximate surface area is 118 Å². The van der Waals surface area contributed by atoms with Gasteiger partial charge in [-0.25, -0.2) is 0 Å². The summed E-state index contributed by atoms with van der Waals surface area (Å²) in [5.41, 5.74) is 2.80. The first-order chi connectivity index (χ1) is 9.65. The minimum Gasteiger partial charge on any atom is -0.507 e. The first kappa shape index (κ1) is 13.8. The molecule has 0 atom stereocenters. The highest BCUT2D eigenvalue weighted by atomic mass is 16.3. The third kappa shape index (κ3) is 3.95. The van der Waals surface area contributed by atoms with Gasteiger partial charge in [0.15, 0.2) is 5.78 Å². The number of carbonyl (C=O) groups is 1. The molecule has 0 aliphatic heterocycles. The molecular weight excluding hydrogens is 248 g/mol. The van der Waals surface area contributed by atoms with Gasteiger partial charge in [-0.15, -0.1) is 0 Å². The smallest absolute Gasteiger partial charge is 0.178 e. The topological polar surface area (TPSA) is 37.3 Å². The number of rotatable bonds is 4. The molecule has 2 nitrogen and oxygen atoms in total. The minimum atomic E-state index is -0.117. The summed E-state index contributed by atoms with van der Waals surface area (Å²) < 4.78 is 0. The molecular formula is C18H16O2. The van der Waals surface area contributed by atoms with E-state index in [9.17, 15) is 9.90 Å². The molecule has 0 radical (unpaired) electrons. The van der Waals surface area contributed by atoms with Crippen LogP contribution in [0, 0.1) is 6.92 Å². The zero-order chi connectivity index (χ0) is 14.4. The monoisotopic (exact) mass is 264 g/mol. The predicted octanol–water partition coefficient (Wildman–Crippen LogP) is 4.00. The van der Waals surface area contributed by atoms with Crippen molar-refractivity contribution in [3.8, 4) is 5.75 Å². The van der Waals surface area contributed by atoms with E-state index in [0.29, 0.717) is 5.56 Å². The number of hydrogen-bond acceptors (Lipinski definition) is 2. The summed E-state index contributed by atoms with van der Waals surface area (Å²) in [6.07, 6.45) is 6.34. The fourth-order valence-corrected chi connectivity index (χ4v) is 1.71. The van der Waals surface area contributed by atoms with Crippen molar-refractivity contribution < 1.29 is 9.90 Å². The maximum atomic E-state index is 11.7. The minimum absolute atomic E-state index is 0.117. The number of allylic oxidation sites excluding steroid dienone is 2. The van der Waals surface area contributed by atoms with Crippen LogP contribution in [0.4, 0.5) is 0 Å². The van der Waals surface area contributed by atoms with Crippen molar-refractivity contribution in [2.75, 3.05) is 0 Å². The highest BCUT2D eigenvalue weighted by Crippen LogP contribution is 2.16. The quantitative estimate of drug-likeness (QED) is 0.847. The van der Waals surface area contributed by atoms with Gasteiger partial charge >= 0.3 is 0 Å². The summed E-state index contributed by atoms with van der Waals surface area (Å²) in [7, 11) is 0. The van der Waals surface area contributed by atoms with E-state index in [1.807, 2.05) is 37.3 Å². The molecule has 2 heteroatoms. The van der Waals surface area contributed by atoms with Crippen LogP contribution in [-0.2, 0) is 4.79 Å². The molecule has 0 aliphatic rings. The SMILES string of the molecule is Cc1ccc(C=CC(=O)C=Cc2ccccc2O)cc1. The lowest BCUT2D eigenvalue weighted by Crippen LogP contribution is -1.85. The largest absolute Gasteiger partial charge is 0.507 e. The summed E-state index contributed by atoms with van der Waals surface area (Å²) in [5, 5.41) is 9.58. The molecule has 0 aromatic heterocycles. The van der Waals surface area contributed by atoms with Crippen molar-refractivity contribution in [3.05, 3.63) is 77.4 Å². The second-order valence-corrected chi connectivity index (χ2v) is 4.54. The summed E-state index contributed by atoms with van der Waals surface area (Å²) in [6.45, 7) is 2.02. The van der Waals surface area contributed by atoms with E-state index < -0.39 is 0 Å². The van der Waals surface area contributed by atoms with Gasteiger partial charge in [0, 0.05) is 5.56 Å². The molecule has 100 valence electrons. The summed E-state index contributed by atoms with van der Waals surface area (Å²) in [6, 6.07) is 14.8. The van der Waals surface area contributed by atoms with Gasteiger partial charge in [-0.1, -0.05) is 54.1 Å². The van der Waals surface area contributed by atoms with Crippen molar-refractivity contribution >= 4 is 17.9 Å². The average Bonchev–Trinajstić information content (AvgIpc) is 2.46. The number of aromatic hydroxyl groups is 1. The lowest BCUT2D eigenvalue weighted by Gasteiger charge is -1.96. The second kappa shape index (κ2) is 6.53. The van der Waals surface area contributed by atoms with Gasteiger partial charge in [-0.05, 0) is 36.8 Å². The molecule has 0 spiro atoms. The Bertz CT molecular complexity index is 649. The maximum Gasteiger partial charge on any atom is 0.178 e. The van der Waals surface area contributed by atoms with Crippen LogP contribution in [0.2, 0.25) is 0 Å². The molecule has 0 unspecified atom stereocenters. The number of benzene rings is 2. The molecule has 0 fully saturated rings. The molecule has 0 heterocycles. The summed E-state index contributed by atoms with van der Waals surface area (Å²) in [4.78, 5) is 11.7. The number of para-hydroxylation sites is 1. The number of phenolic OH excluding ortho intramolecular Hbond substituents is 1. The second-order valence-electron chi connectivity index (χ2n) is 4.54. The fourth-order valence-electron chi connectivity index (χ4n) is 1.71.